The second-order valence-electron chi connectivity index (χ2n) is 11.4. The molecule has 1 saturated heterocycles. The lowest BCUT2D eigenvalue weighted by Crippen LogP contribution is -2.29. The zero-order valence-electron chi connectivity index (χ0n) is 23.1. The Kier molecular flexibility index (Phi) is 6.21. The van der Waals surface area contributed by atoms with Gasteiger partial charge in [0.1, 0.15) is 18.1 Å². The second-order valence-corrected chi connectivity index (χ2v) is 11.4. The molecule has 0 aliphatic carbocycles. The number of benzene rings is 3. The van der Waals surface area contributed by atoms with E-state index in [1.807, 2.05) is 48.3 Å². The predicted molar refractivity (Wildman–Crippen MR) is 151 cm³/mol. The van der Waals surface area contributed by atoms with E-state index in [9.17, 15) is 14.7 Å². The first-order chi connectivity index (χ1) is 19.1. The lowest BCUT2D eigenvalue weighted by Gasteiger charge is -2.28. The minimum absolute atomic E-state index is 0.0635. The minimum Gasteiger partial charge on any atom is -0.507 e. The third-order valence-electron chi connectivity index (χ3n) is 7.75. The molecule has 1 unspecified atom stereocenters. The number of hydrogen-bond acceptors (Lipinski definition) is 7. The number of carbonyl (C=O) groups excluding carboxylic acids is 2. The number of nitrogens with zero attached hydrogens (tertiary/aromatic N) is 2. The molecule has 8 nitrogen and oxygen atoms in total. The Bertz CT molecular complexity index is 1540. The van der Waals surface area contributed by atoms with Gasteiger partial charge in [-0.1, -0.05) is 51.1 Å². The summed E-state index contributed by atoms with van der Waals surface area (Å²) in [6.07, 6.45) is 0. The van der Waals surface area contributed by atoms with Crippen molar-refractivity contribution >= 4 is 23.1 Å². The summed E-state index contributed by atoms with van der Waals surface area (Å²) < 4.78 is 16.7. The van der Waals surface area contributed by atoms with Gasteiger partial charge in [-0.05, 0) is 52.4 Å². The first-order valence-electron chi connectivity index (χ1n) is 13.4. The van der Waals surface area contributed by atoms with E-state index in [4.69, 9.17) is 14.2 Å². The Labute approximate surface area is 233 Å². The predicted octanol–water partition coefficient (Wildman–Crippen LogP) is 5.16. The molecule has 3 aromatic carbocycles. The summed E-state index contributed by atoms with van der Waals surface area (Å²) in [7, 11) is 1.95. The molecule has 40 heavy (non-hydrogen) atoms. The number of fused-ring (bicyclic) bond motifs is 2. The summed E-state index contributed by atoms with van der Waals surface area (Å²) in [5, 5.41) is 11.6. The van der Waals surface area contributed by atoms with Crippen molar-refractivity contribution in [3.63, 3.8) is 0 Å². The number of aliphatic hydroxyl groups is 1. The van der Waals surface area contributed by atoms with E-state index in [0.717, 1.165) is 22.4 Å². The van der Waals surface area contributed by atoms with Crippen LogP contribution in [0.2, 0.25) is 0 Å². The van der Waals surface area contributed by atoms with E-state index in [1.165, 1.54) is 4.90 Å². The number of carbonyl (C=O) groups is 2. The quantitative estimate of drug-likeness (QED) is 0.278. The Hall–Kier alpha value is -4.46. The number of likely N-dealkylation sites (N-methyl/N-ethyl adjacent to an activating group) is 1. The van der Waals surface area contributed by atoms with Gasteiger partial charge in [-0.3, -0.25) is 9.59 Å². The smallest absolute Gasteiger partial charge is 0.295 e. The zero-order chi connectivity index (χ0) is 28.2. The van der Waals surface area contributed by atoms with E-state index in [0.29, 0.717) is 36.0 Å². The molecule has 3 aromatic rings. The third-order valence-corrected chi connectivity index (χ3v) is 7.75. The topological polar surface area (TPSA) is 88.5 Å². The fraction of sp³-hybridized carbons (Fsp3) is 0.312. The summed E-state index contributed by atoms with van der Waals surface area (Å²) >= 11 is 0. The van der Waals surface area contributed by atoms with E-state index in [2.05, 4.69) is 20.8 Å². The normalized spacial score (nSPS) is 19.6. The SMILES string of the molecule is CN1CCOc2ccc(/C(O)=C3/C(=O)C(=O)N(Cc4ccc5c(c4)OCO5)C3c3ccc(C(C)(C)C)cc3)cc21. The number of amides is 1. The first kappa shape index (κ1) is 25.8. The molecule has 3 heterocycles. The molecule has 0 bridgehead atoms. The van der Waals surface area contributed by atoms with E-state index >= 15 is 0 Å². The number of ether oxygens (including phenoxy) is 3. The number of rotatable bonds is 4. The van der Waals surface area contributed by atoms with Gasteiger partial charge in [0.2, 0.25) is 6.79 Å². The van der Waals surface area contributed by atoms with Gasteiger partial charge in [-0.15, -0.1) is 0 Å². The fourth-order valence-corrected chi connectivity index (χ4v) is 5.44. The molecule has 8 heteroatoms. The van der Waals surface area contributed by atoms with Crippen LogP contribution in [0, 0.1) is 0 Å². The Morgan fingerprint density at radius 2 is 1.65 bits per heavy atom. The lowest BCUT2D eigenvalue weighted by molar-refractivity contribution is -0.140. The summed E-state index contributed by atoms with van der Waals surface area (Å²) in [6, 6.07) is 17.9. The van der Waals surface area contributed by atoms with Gasteiger partial charge in [-0.25, -0.2) is 0 Å². The monoisotopic (exact) mass is 540 g/mol. The van der Waals surface area contributed by atoms with Crippen LogP contribution < -0.4 is 19.1 Å². The maximum Gasteiger partial charge on any atom is 0.295 e. The molecule has 1 N–H and O–H groups in total. The average Bonchev–Trinajstić information content (AvgIpc) is 3.50. The molecule has 1 fully saturated rings. The van der Waals surface area contributed by atoms with Gasteiger partial charge in [0.25, 0.3) is 11.7 Å². The van der Waals surface area contributed by atoms with Crippen LogP contribution in [0.3, 0.4) is 0 Å². The van der Waals surface area contributed by atoms with Crippen molar-refractivity contribution in [3.05, 3.63) is 88.5 Å². The molecule has 0 saturated carbocycles. The van der Waals surface area contributed by atoms with Crippen LogP contribution in [0.4, 0.5) is 5.69 Å². The van der Waals surface area contributed by atoms with Crippen molar-refractivity contribution in [1.82, 2.24) is 4.90 Å². The van der Waals surface area contributed by atoms with Gasteiger partial charge in [0.15, 0.2) is 11.5 Å². The summed E-state index contributed by atoms with van der Waals surface area (Å²) in [6.45, 7) is 7.97. The number of ketones is 1. The van der Waals surface area contributed by atoms with Crippen LogP contribution in [0.1, 0.15) is 49.1 Å². The van der Waals surface area contributed by atoms with E-state index in [-0.39, 0.29) is 30.1 Å². The third kappa shape index (κ3) is 4.43. The zero-order valence-corrected chi connectivity index (χ0v) is 23.1. The van der Waals surface area contributed by atoms with Gasteiger partial charge < -0.3 is 29.1 Å². The Morgan fingerprint density at radius 1 is 0.925 bits per heavy atom. The number of likely N-dealkylation sites (tertiary alicyclic amines) is 1. The summed E-state index contributed by atoms with van der Waals surface area (Å²) in [4.78, 5) is 30.7. The number of anilines is 1. The van der Waals surface area contributed by atoms with Crippen LogP contribution in [0.15, 0.2) is 66.2 Å². The molecule has 3 aliphatic rings. The number of Topliss-reactive ketones (excluding diaryl/α,β-unsaturated/α-hetero) is 1. The molecular weight excluding hydrogens is 508 g/mol. The van der Waals surface area contributed by atoms with Gasteiger partial charge in [-0.2, -0.15) is 0 Å². The van der Waals surface area contributed by atoms with Crippen LogP contribution in [-0.4, -0.2) is 48.7 Å². The fourth-order valence-electron chi connectivity index (χ4n) is 5.44. The van der Waals surface area contributed by atoms with Crippen molar-refractivity contribution in [2.24, 2.45) is 0 Å². The molecule has 1 amide bonds. The van der Waals surface area contributed by atoms with E-state index in [1.54, 1.807) is 24.3 Å². The van der Waals surface area contributed by atoms with Crippen molar-refractivity contribution < 1.29 is 28.9 Å². The molecule has 0 radical (unpaired) electrons. The summed E-state index contributed by atoms with van der Waals surface area (Å²) in [5.41, 5.74) is 3.92. The van der Waals surface area contributed by atoms with Crippen molar-refractivity contribution in [2.75, 3.05) is 31.9 Å². The first-order valence-corrected chi connectivity index (χ1v) is 13.4. The second kappa shape index (κ2) is 9.62. The standard InChI is InChI=1S/C32H32N2O6/c1-32(2,3)22-9-6-20(7-10-22)28-27(29(35)21-8-12-24-23(16-21)33(4)13-14-38-24)30(36)31(37)34(28)17-19-5-11-25-26(15-19)40-18-39-25/h5-12,15-16,28,35H,13-14,17-18H2,1-4H3/b29-27-. The highest BCUT2D eigenvalue weighted by Crippen LogP contribution is 2.43. The highest BCUT2D eigenvalue weighted by atomic mass is 16.7. The molecule has 206 valence electrons. The van der Waals surface area contributed by atoms with Crippen LogP contribution in [0.5, 0.6) is 17.2 Å². The Morgan fingerprint density at radius 3 is 2.40 bits per heavy atom. The largest absolute Gasteiger partial charge is 0.507 e. The van der Waals surface area contributed by atoms with Crippen LogP contribution in [0.25, 0.3) is 5.76 Å². The van der Waals surface area contributed by atoms with Crippen LogP contribution in [-0.2, 0) is 21.5 Å². The molecular formula is C32H32N2O6. The van der Waals surface area contributed by atoms with Gasteiger partial charge >= 0.3 is 0 Å². The maximum absolute atomic E-state index is 13.6. The highest BCUT2D eigenvalue weighted by Gasteiger charge is 2.46. The molecule has 6 rings (SSSR count). The lowest BCUT2D eigenvalue weighted by atomic mass is 9.85. The minimum atomic E-state index is -0.774. The molecule has 1 atom stereocenters. The Balaban J connectivity index is 1.45. The van der Waals surface area contributed by atoms with Gasteiger partial charge in [0.05, 0.1) is 23.8 Å². The molecule has 3 aliphatic heterocycles. The van der Waals surface area contributed by atoms with Crippen LogP contribution >= 0.6 is 0 Å². The van der Waals surface area contributed by atoms with Crippen molar-refractivity contribution in [2.45, 2.75) is 38.8 Å². The maximum atomic E-state index is 13.6. The van der Waals surface area contributed by atoms with E-state index < -0.39 is 17.7 Å². The number of aliphatic hydroxyl groups excluding tert-OH is 1. The van der Waals surface area contributed by atoms with Gasteiger partial charge in [0, 0.05) is 19.2 Å². The number of hydrogen-bond donors (Lipinski definition) is 1. The average molecular weight is 541 g/mol. The van der Waals surface area contributed by atoms with Crippen molar-refractivity contribution in [1.29, 1.82) is 0 Å². The van der Waals surface area contributed by atoms with Crippen molar-refractivity contribution in [3.8, 4) is 17.2 Å². The molecule has 0 aromatic heterocycles. The summed E-state index contributed by atoms with van der Waals surface area (Å²) in [5.74, 6) is 0.358. The highest BCUT2D eigenvalue weighted by molar-refractivity contribution is 6.46. The molecule has 0 spiro atoms.